The standard InChI is InChI=1S/C22H28N3O/c1-17-6-8-19(9-7-17)24-21-5-3-2-4-20(21)23-16-22(26)25-13-10-18(11-14-25)12-15-25/h2-9,18,23-24H,10-16H2,1H3/q+1. The maximum absolute atomic E-state index is 12.9. The van der Waals surface area contributed by atoms with Crippen LogP contribution in [0.2, 0.25) is 0 Å². The van der Waals surface area contributed by atoms with E-state index in [0.29, 0.717) is 16.9 Å². The predicted octanol–water partition coefficient (Wildman–Crippen LogP) is 4.31. The van der Waals surface area contributed by atoms with Gasteiger partial charge < -0.3 is 10.6 Å². The highest BCUT2D eigenvalue weighted by atomic mass is 16.2. The van der Waals surface area contributed by atoms with Gasteiger partial charge >= 0.3 is 5.91 Å². The molecule has 2 bridgehead atoms. The second-order valence-corrected chi connectivity index (χ2v) is 7.83. The first-order valence-electron chi connectivity index (χ1n) is 9.71. The third kappa shape index (κ3) is 3.47. The minimum Gasteiger partial charge on any atom is -0.371 e. The van der Waals surface area contributed by atoms with Gasteiger partial charge in [-0.25, -0.2) is 4.79 Å². The van der Waals surface area contributed by atoms with Crippen LogP contribution in [0.3, 0.4) is 0 Å². The van der Waals surface area contributed by atoms with E-state index < -0.39 is 0 Å². The lowest BCUT2D eigenvalue weighted by Crippen LogP contribution is -2.62. The molecule has 0 unspecified atom stereocenters. The zero-order valence-electron chi connectivity index (χ0n) is 15.5. The van der Waals surface area contributed by atoms with Crippen LogP contribution in [0.15, 0.2) is 48.5 Å². The van der Waals surface area contributed by atoms with Crippen molar-refractivity contribution in [3.63, 3.8) is 0 Å². The molecule has 3 heterocycles. The summed E-state index contributed by atoms with van der Waals surface area (Å²) in [6.07, 6.45) is 3.66. The molecular weight excluding hydrogens is 322 g/mol. The van der Waals surface area contributed by atoms with Crippen LogP contribution >= 0.6 is 0 Å². The molecule has 26 heavy (non-hydrogen) atoms. The third-order valence-electron chi connectivity index (χ3n) is 6.11. The largest absolute Gasteiger partial charge is 0.371 e. The van der Waals surface area contributed by atoms with E-state index in [-0.39, 0.29) is 0 Å². The van der Waals surface area contributed by atoms with Crippen LogP contribution < -0.4 is 10.6 Å². The van der Waals surface area contributed by atoms with Crippen molar-refractivity contribution in [2.75, 3.05) is 36.8 Å². The van der Waals surface area contributed by atoms with Crippen LogP contribution in [-0.2, 0) is 4.79 Å². The monoisotopic (exact) mass is 350 g/mol. The number of aryl methyl sites for hydroxylation is 1. The zero-order chi connectivity index (χ0) is 18.0. The summed E-state index contributed by atoms with van der Waals surface area (Å²) in [5.74, 6) is 1.21. The number of fused-ring (bicyclic) bond motifs is 3. The van der Waals surface area contributed by atoms with Gasteiger partial charge in [-0.2, -0.15) is 0 Å². The molecule has 3 aliphatic heterocycles. The molecule has 3 aliphatic rings. The van der Waals surface area contributed by atoms with Gasteiger partial charge in [0.2, 0.25) is 0 Å². The fourth-order valence-corrected chi connectivity index (χ4v) is 4.31. The molecule has 3 saturated heterocycles. The molecule has 0 atom stereocenters. The molecule has 2 N–H and O–H groups in total. The van der Waals surface area contributed by atoms with E-state index in [0.717, 1.165) is 42.6 Å². The molecule has 0 radical (unpaired) electrons. The van der Waals surface area contributed by atoms with E-state index in [2.05, 4.69) is 41.8 Å². The molecule has 0 saturated carbocycles. The molecule has 3 fully saturated rings. The highest BCUT2D eigenvalue weighted by Crippen LogP contribution is 2.34. The van der Waals surface area contributed by atoms with Crippen LogP contribution in [0.25, 0.3) is 0 Å². The quantitative estimate of drug-likeness (QED) is 0.790. The number of nitrogens with one attached hydrogen (secondary N) is 2. The van der Waals surface area contributed by atoms with Crippen molar-refractivity contribution >= 4 is 23.0 Å². The smallest absolute Gasteiger partial charge is 0.332 e. The Labute approximate surface area is 155 Å². The summed E-state index contributed by atoms with van der Waals surface area (Å²) in [6, 6.07) is 16.4. The summed E-state index contributed by atoms with van der Waals surface area (Å²) in [6.45, 7) is 5.59. The van der Waals surface area contributed by atoms with Crippen molar-refractivity contribution in [1.82, 2.24) is 0 Å². The topological polar surface area (TPSA) is 41.1 Å². The van der Waals surface area contributed by atoms with Gasteiger partial charge in [0.1, 0.15) is 6.54 Å². The molecule has 0 aromatic heterocycles. The number of carbonyl (C=O) groups is 1. The molecule has 2 aromatic carbocycles. The number of quaternary nitrogens is 1. The number of para-hydroxylation sites is 2. The SMILES string of the molecule is Cc1ccc(Nc2ccccc2NCC(=O)[N+]23CCC(CC2)CC3)cc1. The lowest BCUT2D eigenvalue weighted by atomic mass is 9.85. The minimum absolute atomic E-state index is 0.341. The summed E-state index contributed by atoms with van der Waals surface area (Å²) in [4.78, 5) is 12.9. The summed E-state index contributed by atoms with van der Waals surface area (Å²) < 4.78 is 0.692. The Morgan fingerprint density at radius 3 is 2.23 bits per heavy atom. The molecule has 4 heteroatoms. The van der Waals surface area contributed by atoms with Gasteiger partial charge in [-0.3, -0.25) is 4.48 Å². The molecule has 1 amide bonds. The molecule has 2 aromatic rings. The number of hydrogen-bond acceptors (Lipinski definition) is 3. The van der Waals surface area contributed by atoms with Gasteiger partial charge in [0.15, 0.2) is 0 Å². The normalized spacial score (nSPS) is 24.3. The number of anilines is 3. The number of carbonyl (C=O) groups excluding carboxylic acids is 1. The first-order chi connectivity index (χ1) is 12.6. The van der Waals surface area contributed by atoms with E-state index in [4.69, 9.17) is 0 Å². The molecule has 5 rings (SSSR count). The number of benzene rings is 2. The first-order valence-corrected chi connectivity index (χ1v) is 9.71. The van der Waals surface area contributed by atoms with Gasteiger partial charge in [0.25, 0.3) is 0 Å². The van der Waals surface area contributed by atoms with Crippen LogP contribution in [0, 0.1) is 12.8 Å². The number of piperidine rings is 3. The highest BCUT2D eigenvalue weighted by Gasteiger charge is 2.44. The summed E-state index contributed by atoms with van der Waals surface area (Å²) in [7, 11) is 0. The Morgan fingerprint density at radius 2 is 1.58 bits per heavy atom. The number of rotatable bonds is 5. The van der Waals surface area contributed by atoms with Crippen molar-refractivity contribution in [1.29, 1.82) is 0 Å². The predicted molar refractivity (Wildman–Crippen MR) is 107 cm³/mol. The van der Waals surface area contributed by atoms with Crippen LogP contribution in [-0.4, -0.2) is 36.6 Å². The lowest BCUT2D eigenvalue weighted by Gasteiger charge is -2.46. The Balaban J connectivity index is 1.43. The van der Waals surface area contributed by atoms with Gasteiger partial charge in [0, 0.05) is 24.9 Å². The fraction of sp³-hybridized carbons (Fsp3) is 0.409. The molecule has 0 spiro atoms. The van der Waals surface area contributed by atoms with E-state index in [1.54, 1.807) is 0 Å². The van der Waals surface area contributed by atoms with Gasteiger partial charge in [-0.1, -0.05) is 29.8 Å². The maximum atomic E-state index is 12.9. The van der Waals surface area contributed by atoms with Crippen molar-refractivity contribution in [2.45, 2.75) is 26.2 Å². The molecule has 136 valence electrons. The van der Waals surface area contributed by atoms with Crippen molar-refractivity contribution in [3.8, 4) is 0 Å². The Kier molecular flexibility index (Phi) is 4.68. The lowest BCUT2D eigenvalue weighted by molar-refractivity contribution is -0.870. The molecule has 0 aliphatic carbocycles. The van der Waals surface area contributed by atoms with Crippen LogP contribution in [0.5, 0.6) is 0 Å². The number of nitrogens with zero attached hydrogens (tertiary/aromatic N) is 1. The van der Waals surface area contributed by atoms with E-state index in [1.165, 1.54) is 24.8 Å². The Hall–Kier alpha value is -2.33. The van der Waals surface area contributed by atoms with E-state index >= 15 is 0 Å². The van der Waals surface area contributed by atoms with Crippen molar-refractivity contribution in [3.05, 3.63) is 54.1 Å². The Bertz CT molecular complexity index is 762. The summed E-state index contributed by atoms with van der Waals surface area (Å²) >= 11 is 0. The second kappa shape index (κ2) is 7.12. The van der Waals surface area contributed by atoms with Crippen molar-refractivity contribution in [2.24, 2.45) is 5.92 Å². The van der Waals surface area contributed by atoms with Crippen molar-refractivity contribution < 1.29 is 9.28 Å². The average Bonchev–Trinajstić information content (AvgIpc) is 2.70. The summed E-state index contributed by atoms with van der Waals surface area (Å²) in [5.41, 5.74) is 4.27. The highest BCUT2D eigenvalue weighted by molar-refractivity contribution is 5.80. The average molecular weight is 350 g/mol. The van der Waals surface area contributed by atoms with Gasteiger partial charge in [-0.05, 0) is 37.1 Å². The second-order valence-electron chi connectivity index (χ2n) is 7.83. The fourth-order valence-electron chi connectivity index (χ4n) is 4.31. The van der Waals surface area contributed by atoms with E-state index in [1.807, 2.05) is 24.3 Å². The number of amides is 1. The van der Waals surface area contributed by atoms with Crippen LogP contribution in [0.4, 0.5) is 17.1 Å². The van der Waals surface area contributed by atoms with Crippen LogP contribution in [0.1, 0.15) is 24.8 Å². The molecule has 4 nitrogen and oxygen atoms in total. The molecular formula is C22H28N3O+. The number of hydrogen-bond donors (Lipinski definition) is 2. The van der Waals surface area contributed by atoms with Gasteiger partial charge in [0.05, 0.1) is 31.0 Å². The van der Waals surface area contributed by atoms with E-state index in [9.17, 15) is 4.79 Å². The summed E-state index contributed by atoms with van der Waals surface area (Å²) in [5, 5.41) is 6.85. The third-order valence-corrected chi connectivity index (χ3v) is 6.11. The first kappa shape index (κ1) is 17.1. The maximum Gasteiger partial charge on any atom is 0.332 e. The van der Waals surface area contributed by atoms with Gasteiger partial charge in [-0.15, -0.1) is 0 Å². The Morgan fingerprint density at radius 1 is 0.962 bits per heavy atom. The zero-order valence-corrected chi connectivity index (χ0v) is 15.5. The minimum atomic E-state index is 0.341.